The van der Waals surface area contributed by atoms with Crippen LogP contribution in [0.2, 0.25) is 0 Å². The van der Waals surface area contributed by atoms with Crippen LogP contribution in [0.3, 0.4) is 0 Å². The van der Waals surface area contributed by atoms with E-state index in [1.807, 2.05) is 0 Å². The molecular weight excluding hydrogens is 226 g/mol. The molecule has 0 aromatic rings. The Morgan fingerprint density at radius 3 is 2.71 bits per heavy atom. The van der Waals surface area contributed by atoms with Gasteiger partial charge < -0.3 is 16.0 Å². The van der Waals surface area contributed by atoms with E-state index in [9.17, 15) is 14.4 Å². The summed E-state index contributed by atoms with van der Waals surface area (Å²) in [4.78, 5) is 34.3. The smallest absolute Gasteiger partial charge is 0.321 e. The fourth-order valence-corrected chi connectivity index (χ4v) is 2.55. The molecule has 0 unspecified atom stereocenters. The Balaban J connectivity index is 1.95. The molecule has 0 radical (unpaired) electrons. The summed E-state index contributed by atoms with van der Waals surface area (Å²) in [5.74, 6) is -0.405. The molecule has 3 aliphatic rings. The molecule has 8 heteroatoms. The Morgan fingerprint density at radius 2 is 2.00 bits per heavy atom. The highest BCUT2D eigenvalue weighted by Gasteiger charge is 2.67. The summed E-state index contributed by atoms with van der Waals surface area (Å²) >= 11 is 0. The Bertz CT molecular complexity index is 475. The first-order chi connectivity index (χ1) is 7.96. The van der Waals surface area contributed by atoms with Crippen molar-refractivity contribution in [3.8, 4) is 0 Å². The van der Waals surface area contributed by atoms with E-state index in [0.717, 1.165) is 0 Å². The predicted molar refractivity (Wildman–Crippen MR) is 55.5 cm³/mol. The van der Waals surface area contributed by atoms with E-state index >= 15 is 0 Å². The fourth-order valence-electron chi connectivity index (χ4n) is 2.55. The third kappa shape index (κ3) is 1.12. The summed E-state index contributed by atoms with van der Waals surface area (Å²) in [5, 5.41) is 12.9. The van der Waals surface area contributed by atoms with Gasteiger partial charge in [-0.25, -0.2) is 9.59 Å². The average Bonchev–Trinajstić information content (AvgIpc) is 2.24. The number of amides is 5. The maximum atomic E-state index is 11.7. The molecule has 3 aliphatic heterocycles. The van der Waals surface area contributed by atoms with Crippen molar-refractivity contribution in [3.05, 3.63) is 12.3 Å². The zero-order valence-corrected chi connectivity index (χ0v) is 8.96. The number of hydrogen-bond acceptors (Lipinski definition) is 4. The summed E-state index contributed by atoms with van der Waals surface area (Å²) in [6.07, 6.45) is 3.14. The van der Waals surface area contributed by atoms with Crippen LogP contribution in [0.4, 0.5) is 9.59 Å². The predicted octanol–water partition coefficient (Wildman–Crippen LogP) is -1.92. The second-order valence-corrected chi connectivity index (χ2v) is 4.49. The van der Waals surface area contributed by atoms with Crippen LogP contribution in [0.5, 0.6) is 0 Å². The van der Waals surface area contributed by atoms with E-state index in [1.165, 1.54) is 6.20 Å². The largest absolute Gasteiger partial charge is 0.329 e. The van der Waals surface area contributed by atoms with Gasteiger partial charge in [-0.3, -0.25) is 15.4 Å². The average molecular weight is 237 g/mol. The van der Waals surface area contributed by atoms with Crippen molar-refractivity contribution in [2.75, 3.05) is 0 Å². The Morgan fingerprint density at radius 1 is 1.24 bits per heavy atom. The Kier molecular flexibility index (Phi) is 1.65. The first-order valence-electron chi connectivity index (χ1n) is 5.14. The molecule has 2 fully saturated rings. The van der Waals surface area contributed by atoms with Gasteiger partial charge in [0, 0.05) is 6.20 Å². The van der Waals surface area contributed by atoms with E-state index in [0.29, 0.717) is 0 Å². The Labute approximate surface area is 96.2 Å². The monoisotopic (exact) mass is 237 g/mol. The number of carbonyl (C=O) groups excluding carboxylic acids is 3. The number of nitrogens with one attached hydrogen (secondary N) is 5. The summed E-state index contributed by atoms with van der Waals surface area (Å²) in [7, 11) is 0. The van der Waals surface area contributed by atoms with Gasteiger partial charge in [0.1, 0.15) is 11.2 Å². The zero-order valence-electron chi connectivity index (χ0n) is 8.96. The summed E-state index contributed by atoms with van der Waals surface area (Å²) < 4.78 is 0. The molecule has 3 atom stereocenters. The van der Waals surface area contributed by atoms with Gasteiger partial charge in [-0.05, 0) is 13.0 Å². The van der Waals surface area contributed by atoms with Crippen LogP contribution in [0.15, 0.2) is 12.3 Å². The van der Waals surface area contributed by atoms with Gasteiger partial charge in [-0.15, -0.1) is 0 Å². The molecule has 17 heavy (non-hydrogen) atoms. The highest BCUT2D eigenvalue weighted by Crippen LogP contribution is 2.36. The normalized spacial score (nSPS) is 42.9. The summed E-state index contributed by atoms with van der Waals surface area (Å²) in [6, 6.07) is -1.46. The molecule has 0 aromatic carbocycles. The molecule has 2 saturated heterocycles. The zero-order chi connectivity index (χ0) is 12.3. The third-order valence-corrected chi connectivity index (χ3v) is 3.35. The summed E-state index contributed by atoms with van der Waals surface area (Å²) in [6.45, 7) is 1.67. The van der Waals surface area contributed by atoms with Crippen molar-refractivity contribution in [1.29, 1.82) is 0 Å². The molecular formula is C9H11N5O3. The van der Waals surface area contributed by atoms with Gasteiger partial charge in [0.2, 0.25) is 5.91 Å². The first kappa shape index (κ1) is 10.1. The number of rotatable bonds is 0. The number of fused-ring (bicyclic) bond motifs is 2. The van der Waals surface area contributed by atoms with Crippen molar-refractivity contribution in [2.24, 2.45) is 0 Å². The van der Waals surface area contributed by atoms with Crippen LogP contribution < -0.4 is 26.6 Å². The second-order valence-electron chi connectivity index (χ2n) is 4.49. The van der Waals surface area contributed by atoms with Gasteiger partial charge in [0.25, 0.3) is 0 Å². The lowest BCUT2D eigenvalue weighted by molar-refractivity contribution is -0.138. The van der Waals surface area contributed by atoms with Crippen LogP contribution >= 0.6 is 0 Å². The van der Waals surface area contributed by atoms with Crippen molar-refractivity contribution in [3.63, 3.8) is 0 Å². The standard InChI is InChI=1S/C9H11N5O3/c1-8-4(11-7(17)12-5(8)15)9(14-8)2-3-10-6(16)13-9/h2-4,14H,1H3,(H2,10,13,16)(H2,11,12,15,17)/t4-,8-,9+/m1/s1. The van der Waals surface area contributed by atoms with Crippen LogP contribution in [-0.2, 0) is 4.79 Å². The topological polar surface area (TPSA) is 111 Å². The number of imide groups is 1. The van der Waals surface area contributed by atoms with Crippen LogP contribution in [0.1, 0.15) is 6.92 Å². The van der Waals surface area contributed by atoms with Gasteiger partial charge in [-0.2, -0.15) is 0 Å². The van der Waals surface area contributed by atoms with E-state index in [-0.39, 0.29) is 6.03 Å². The molecule has 5 amide bonds. The van der Waals surface area contributed by atoms with E-state index in [2.05, 4.69) is 26.6 Å². The maximum absolute atomic E-state index is 11.7. The van der Waals surface area contributed by atoms with Crippen molar-refractivity contribution >= 4 is 18.0 Å². The molecule has 3 heterocycles. The second kappa shape index (κ2) is 2.77. The Hall–Kier alpha value is -2.09. The lowest BCUT2D eigenvalue weighted by Crippen LogP contribution is -2.96. The number of hydrogen-bond donors (Lipinski definition) is 5. The minimum absolute atomic E-state index is 0.387. The lowest BCUT2D eigenvalue weighted by atomic mass is 9.70. The van der Waals surface area contributed by atoms with Crippen LogP contribution in [0.25, 0.3) is 0 Å². The minimum Gasteiger partial charge on any atom is -0.329 e. The van der Waals surface area contributed by atoms with Crippen LogP contribution in [-0.4, -0.2) is 35.2 Å². The summed E-state index contributed by atoms with van der Waals surface area (Å²) in [5.41, 5.74) is -1.81. The maximum Gasteiger partial charge on any atom is 0.321 e. The van der Waals surface area contributed by atoms with Gasteiger partial charge in [0.05, 0.1) is 6.04 Å². The van der Waals surface area contributed by atoms with Crippen molar-refractivity contribution < 1.29 is 14.4 Å². The van der Waals surface area contributed by atoms with E-state index in [1.54, 1.807) is 13.0 Å². The van der Waals surface area contributed by atoms with Gasteiger partial charge >= 0.3 is 12.1 Å². The molecule has 1 spiro atoms. The molecule has 0 saturated carbocycles. The molecule has 0 aliphatic carbocycles. The lowest BCUT2D eigenvalue weighted by Gasteiger charge is -2.62. The molecule has 90 valence electrons. The van der Waals surface area contributed by atoms with Crippen molar-refractivity contribution in [2.45, 2.75) is 24.2 Å². The fraction of sp³-hybridized carbons (Fsp3) is 0.444. The van der Waals surface area contributed by atoms with Gasteiger partial charge in [0.15, 0.2) is 0 Å². The molecule has 5 N–H and O–H groups in total. The molecule has 3 rings (SSSR count). The molecule has 8 nitrogen and oxygen atoms in total. The molecule has 0 bridgehead atoms. The van der Waals surface area contributed by atoms with Gasteiger partial charge in [-0.1, -0.05) is 0 Å². The highest BCUT2D eigenvalue weighted by molar-refractivity contribution is 6.04. The quantitative estimate of drug-likeness (QED) is 0.338. The molecule has 0 aromatic heterocycles. The number of urea groups is 2. The minimum atomic E-state index is -0.914. The van der Waals surface area contributed by atoms with Crippen molar-refractivity contribution in [1.82, 2.24) is 26.6 Å². The van der Waals surface area contributed by atoms with E-state index in [4.69, 9.17) is 0 Å². The SMILES string of the molecule is C[C@@]12N[C@@]3(C=CNC(=O)N3)[C@@H]1NC(=O)NC2=O. The first-order valence-corrected chi connectivity index (χ1v) is 5.14. The third-order valence-electron chi connectivity index (χ3n) is 3.35. The van der Waals surface area contributed by atoms with Crippen LogP contribution in [0, 0.1) is 0 Å². The highest BCUT2D eigenvalue weighted by atomic mass is 16.2. The van der Waals surface area contributed by atoms with E-state index < -0.39 is 29.2 Å². The number of carbonyl (C=O) groups is 3.